The molecule has 1 rings (SSSR count). The van der Waals surface area contributed by atoms with Crippen LogP contribution in [0.15, 0.2) is 12.7 Å². The maximum Gasteiger partial charge on any atom is 0.248 e. The summed E-state index contributed by atoms with van der Waals surface area (Å²) < 4.78 is 10.4. The van der Waals surface area contributed by atoms with E-state index in [0.29, 0.717) is 32.8 Å². The number of hydrogen-bond donors (Lipinski definition) is 1. The van der Waals surface area contributed by atoms with E-state index in [1.807, 2.05) is 0 Å². The van der Waals surface area contributed by atoms with E-state index in [0.717, 1.165) is 0 Å². The number of halogens is 1. The van der Waals surface area contributed by atoms with Crippen LogP contribution < -0.4 is 5.73 Å². The van der Waals surface area contributed by atoms with Gasteiger partial charge in [0, 0.05) is 19.6 Å². The second-order valence-electron chi connectivity index (χ2n) is 3.37. The van der Waals surface area contributed by atoms with Crippen molar-refractivity contribution in [1.29, 1.82) is 0 Å². The molecular formula is C10H19ClN2O3. The third-order valence-electron chi connectivity index (χ3n) is 2.22. The molecule has 0 saturated carbocycles. The Morgan fingerprint density at radius 2 is 2.44 bits per heavy atom. The highest BCUT2D eigenvalue weighted by Crippen LogP contribution is 2.04. The molecular weight excluding hydrogens is 232 g/mol. The topological polar surface area (TPSA) is 64.8 Å². The first-order valence-electron chi connectivity index (χ1n) is 5.06. The first-order chi connectivity index (χ1) is 7.27. The lowest BCUT2D eigenvalue weighted by molar-refractivity contribution is -0.142. The van der Waals surface area contributed by atoms with Crippen LogP contribution in [-0.2, 0) is 14.3 Å². The number of carbonyl (C=O) groups is 1. The molecule has 1 unspecified atom stereocenters. The molecule has 16 heavy (non-hydrogen) atoms. The number of ether oxygens (including phenoxy) is 2. The Balaban J connectivity index is 0.00000225. The lowest BCUT2D eigenvalue weighted by Crippen LogP contribution is -2.49. The highest BCUT2D eigenvalue weighted by atomic mass is 35.5. The highest BCUT2D eigenvalue weighted by molar-refractivity contribution is 5.85. The lowest BCUT2D eigenvalue weighted by atomic mass is 10.2. The fourth-order valence-electron chi connectivity index (χ4n) is 1.41. The maximum absolute atomic E-state index is 11.6. The van der Waals surface area contributed by atoms with E-state index in [1.165, 1.54) is 0 Å². The first kappa shape index (κ1) is 15.4. The third kappa shape index (κ3) is 4.94. The summed E-state index contributed by atoms with van der Waals surface area (Å²) in [6.07, 6.45) is 1.58. The molecule has 0 aliphatic carbocycles. The Morgan fingerprint density at radius 1 is 1.69 bits per heavy atom. The van der Waals surface area contributed by atoms with Crippen molar-refractivity contribution in [1.82, 2.24) is 4.90 Å². The number of carbonyl (C=O) groups excluding carboxylic acids is 1. The van der Waals surface area contributed by atoms with E-state index in [1.54, 1.807) is 11.0 Å². The van der Waals surface area contributed by atoms with Gasteiger partial charge < -0.3 is 20.1 Å². The van der Waals surface area contributed by atoms with Crippen molar-refractivity contribution in [3.63, 3.8) is 0 Å². The fourth-order valence-corrected chi connectivity index (χ4v) is 1.41. The van der Waals surface area contributed by atoms with Crippen molar-refractivity contribution in [2.24, 2.45) is 5.73 Å². The van der Waals surface area contributed by atoms with Crippen LogP contribution in [-0.4, -0.2) is 56.4 Å². The van der Waals surface area contributed by atoms with E-state index >= 15 is 0 Å². The Labute approximate surface area is 102 Å². The van der Waals surface area contributed by atoms with Crippen molar-refractivity contribution >= 4 is 18.3 Å². The predicted octanol–water partition coefficient (Wildman–Crippen LogP) is -0.203. The van der Waals surface area contributed by atoms with Gasteiger partial charge in [-0.1, -0.05) is 6.08 Å². The van der Waals surface area contributed by atoms with Gasteiger partial charge >= 0.3 is 0 Å². The molecule has 1 saturated heterocycles. The Kier molecular flexibility index (Phi) is 8.19. The van der Waals surface area contributed by atoms with Gasteiger partial charge in [0.25, 0.3) is 0 Å². The van der Waals surface area contributed by atoms with Gasteiger partial charge in [-0.15, -0.1) is 19.0 Å². The first-order valence-corrected chi connectivity index (χ1v) is 5.06. The molecule has 0 aromatic heterocycles. The van der Waals surface area contributed by atoms with Crippen molar-refractivity contribution in [3.05, 3.63) is 12.7 Å². The number of hydrogen-bond acceptors (Lipinski definition) is 4. The Morgan fingerprint density at radius 3 is 3.06 bits per heavy atom. The van der Waals surface area contributed by atoms with Crippen LogP contribution in [0.2, 0.25) is 0 Å². The summed E-state index contributed by atoms with van der Waals surface area (Å²) in [5, 5.41) is 0. The summed E-state index contributed by atoms with van der Waals surface area (Å²) in [7, 11) is 0. The fraction of sp³-hybridized carbons (Fsp3) is 0.700. The van der Waals surface area contributed by atoms with Crippen molar-refractivity contribution in [3.8, 4) is 0 Å². The predicted molar refractivity (Wildman–Crippen MR) is 63.6 cm³/mol. The molecule has 0 aromatic carbocycles. The molecule has 2 N–H and O–H groups in total. The minimum atomic E-state index is -0.0397. The average Bonchev–Trinajstić information content (AvgIpc) is 2.29. The second kappa shape index (κ2) is 8.52. The van der Waals surface area contributed by atoms with Gasteiger partial charge in [-0.05, 0) is 0 Å². The Hall–Kier alpha value is -0.620. The van der Waals surface area contributed by atoms with Gasteiger partial charge in [0.05, 0.1) is 19.3 Å². The van der Waals surface area contributed by atoms with Crippen LogP contribution in [0.5, 0.6) is 0 Å². The normalized spacial score (nSPS) is 20.1. The zero-order valence-corrected chi connectivity index (χ0v) is 10.1. The quantitative estimate of drug-likeness (QED) is 0.542. The van der Waals surface area contributed by atoms with Gasteiger partial charge in [-0.3, -0.25) is 4.79 Å². The molecule has 1 aliphatic rings. The van der Waals surface area contributed by atoms with Gasteiger partial charge in [0.2, 0.25) is 5.91 Å². The van der Waals surface area contributed by atoms with E-state index < -0.39 is 0 Å². The van der Waals surface area contributed by atoms with Gasteiger partial charge in [-0.2, -0.15) is 0 Å². The summed E-state index contributed by atoms with van der Waals surface area (Å²) in [5.74, 6) is -0.0152. The molecule has 1 heterocycles. The van der Waals surface area contributed by atoms with Gasteiger partial charge in [0.15, 0.2) is 0 Å². The van der Waals surface area contributed by atoms with Crippen LogP contribution in [0.3, 0.4) is 0 Å². The molecule has 0 aromatic rings. The SMILES string of the molecule is C=CCOCC(=O)N1CCOC(CN)C1.Cl. The summed E-state index contributed by atoms with van der Waals surface area (Å²) in [4.78, 5) is 13.3. The smallest absolute Gasteiger partial charge is 0.248 e. The molecule has 1 aliphatic heterocycles. The number of amides is 1. The number of rotatable bonds is 5. The second-order valence-corrected chi connectivity index (χ2v) is 3.37. The molecule has 0 bridgehead atoms. The van der Waals surface area contributed by atoms with Crippen LogP contribution in [0, 0.1) is 0 Å². The monoisotopic (exact) mass is 250 g/mol. The van der Waals surface area contributed by atoms with Gasteiger partial charge in [0.1, 0.15) is 6.61 Å². The zero-order chi connectivity index (χ0) is 11.1. The summed E-state index contributed by atoms with van der Waals surface area (Å²) in [6, 6.07) is 0. The number of nitrogens with zero attached hydrogens (tertiary/aromatic N) is 1. The standard InChI is InChI=1S/C10H18N2O3.ClH/c1-2-4-14-8-10(13)12-3-5-15-9(6-11)7-12;/h2,9H,1,3-8,11H2;1H. The zero-order valence-electron chi connectivity index (χ0n) is 9.26. The molecule has 6 heteroatoms. The third-order valence-corrected chi connectivity index (χ3v) is 2.22. The van der Waals surface area contributed by atoms with Crippen molar-refractivity contribution < 1.29 is 14.3 Å². The summed E-state index contributed by atoms with van der Waals surface area (Å²) in [6.45, 7) is 6.18. The van der Waals surface area contributed by atoms with Gasteiger partial charge in [-0.25, -0.2) is 0 Å². The van der Waals surface area contributed by atoms with E-state index in [9.17, 15) is 4.79 Å². The minimum absolute atomic E-state index is 0. The molecule has 1 amide bonds. The minimum Gasteiger partial charge on any atom is -0.373 e. The molecule has 1 fully saturated rings. The molecule has 0 radical (unpaired) electrons. The maximum atomic E-state index is 11.6. The van der Waals surface area contributed by atoms with Crippen molar-refractivity contribution in [2.45, 2.75) is 6.10 Å². The largest absolute Gasteiger partial charge is 0.373 e. The van der Waals surface area contributed by atoms with Crippen LogP contribution in [0.4, 0.5) is 0 Å². The summed E-state index contributed by atoms with van der Waals surface area (Å²) in [5.41, 5.74) is 5.48. The van der Waals surface area contributed by atoms with E-state index in [-0.39, 0.29) is 31.0 Å². The van der Waals surface area contributed by atoms with Crippen LogP contribution in [0.25, 0.3) is 0 Å². The summed E-state index contributed by atoms with van der Waals surface area (Å²) >= 11 is 0. The molecule has 94 valence electrons. The lowest BCUT2D eigenvalue weighted by Gasteiger charge is -2.32. The number of nitrogens with two attached hydrogens (primary N) is 1. The number of morpholine rings is 1. The van der Waals surface area contributed by atoms with Crippen LogP contribution in [0.1, 0.15) is 0 Å². The molecule has 1 atom stereocenters. The van der Waals surface area contributed by atoms with Crippen molar-refractivity contribution in [2.75, 3.05) is 39.5 Å². The molecule has 0 spiro atoms. The van der Waals surface area contributed by atoms with E-state index in [2.05, 4.69) is 6.58 Å². The molecule has 5 nitrogen and oxygen atoms in total. The van der Waals surface area contributed by atoms with Crippen LogP contribution >= 0.6 is 12.4 Å². The highest BCUT2D eigenvalue weighted by Gasteiger charge is 2.22. The average molecular weight is 251 g/mol. The van der Waals surface area contributed by atoms with E-state index in [4.69, 9.17) is 15.2 Å². The Bertz CT molecular complexity index is 226.